The number of likely N-dealkylation sites (tertiary alicyclic amines) is 1. The van der Waals surface area contributed by atoms with E-state index in [1.807, 2.05) is 0 Å². The number of rotatable bonds is 9. The summed E-state index contributed by atoms with van der Waals surface area (Å²) in [7, 11) is 0. The maximum Gasteiger partial charge on any atom is 0.338 e. The molecule has 2 aromatic rings. The minimum Gasteiger partial charge on any atom is -0.463 e. The first-order valence-electron chi connectivity index (χ1n) is 11.7. The molecule has 1 fully saturated rings. The van der Waals surface area contributed by atoms with Crippen LogP contribution in [0.5, 0.6) is 0 Å². The Balaban J connectivity index is 1.77. The van der Waals surface area contributed by atoms with E-state index < -0.39 is 42.6 Å². The molecule has 0 amide bonds. The van der Waals surface area contributed by atoms with E-state index in [0.29, 0.717) is 22.1 Å². The Kier molecular flexibility index (Phi) is 8.85. The highest BCUT2D eigenvalue weighted by atomic mass is 35.5. The van der Waals surface area contributed by atoms with E-state index >= 15 is 0 Å². The van der Waals surface area contributed by atoms with E-state index in [1.165, 1.54) is 34.4 Å². The van der Waals surface area contributed by atoms with E-state index in [9.17, 15) is 22.8 Å². The Morgan fingerprint density at radius 1 is 1.39 bits per heavy atom. The lowest BCUT2D eigenvalue weighted by atomic mass is 9.93. The molecule has 1 saturated heterocycles. The Morgan fingerprint density at radius 3 is 2.89 bits per heavy atom. The number of piperidine rings is 1. The van der Waals surface area contributed by atoms with Crippen molar-refractivity contribution in [3.05, 3.63) is 74.8 Å². The van der Waals surface area contributed by atoms with E-state index in [1.54, 1.807) is 18.5 Å². The van der Waals surface area contributed by atoms with E-state index in [-0.39, 0.29) is 36.8 Å². The zero-order valence-electron chi connectivity index (χ0n) is 20.2. The average Bonchev–Trinajstić information content (AvgIpc) is 3.38. The standard InChI is InChI=1S/C25H24ClF3N4O4S/c1-2-37-24(35)20-19(12-33-11-15(5-7-36-14-34)10-25(28,29)13-33)31-22(23-30-6-8-38-23)32-21(20)17-4-3-16(27)9-18(17)26/h3-9,14-15,21H,2,10-13H2,1H3,(H,31,32)/b7-5+/t15?,21-/m0/s1. The first-order chi connectivity index (χ1) is 18.2. The summed E-state index contributed by atoms with van der Waals surface area (Å²) in [5.41, 5.74) is 0.713. The number of benzene rings is 1. The van der Waals surface area contributed by atoms with Crippen LogP contribution in [0.1, 0.15) is 30.0 Å². The number of alkyl halides is 2. The third-order valence-electron chi connectivity index (χ3n) is 5.89. The number of carbonyl (C=O) groups is 2. The Labute approximate surface area is 225 Å². The Bertz CT molecular complexity index is 1270. The van der Waals surface area contributed by atoms with Crippen molar-refractivity contribution < 1.29 is 32.2 Å². The summed E-state index contributed by atoms with van der Waals surface area (Å²) < 4.78 is 53.0. The van der Waals surface area contributed by atoms with Crippen molar-refractivity contribution in [1.82, 2.24) is 15.2 Å². The highest BCUT2D eigenvalue weighted by Gasteiger charge is 2.41. The number of hydrogen-bond acceptors (Lipinski definition) is 9. The number of carbonyl (C=O) groups excluding carboxylic acids is 2. The Hall–Kier alpha value is -3.22. The van der Waals surface area contributed by atoms with Gasteiger partial charge in [0.05, 0.1) is 25.0 Å². The zero-order chi connectivity index (χ0) is 27.3. The first kappa shape index (κ1) is 27.8. The summed E-state index contributed by atoms with van der Waals surface area (Å²) in [5, 5.41) is 5.40. The van der Waals surface area contributed by atoms with Crippen LogP contribution in [-0.2, 0) is 19.1 Å². The molecule has 2 atom stereocenters. The number of halogens is 4. The van der Waals surface area contributed by atoms with Crippen molar-refractivity contribution in [3.8, 4) is 0 Å². The number of hydrogen-bond donors (Lipinski definition) is 1. The predicted molar refractivity (Wildman–Crippen MR) is 135 cm³/mol. The van der Waals surface area contributed by atoms with Crippen LogP contribution < -0.4 is 5.32 Å². The first-order valence-corrected chi connectivity index (χ1v) is 12.9. The number of esters is 1. The number of nitrogens with zero attached hydrogens (tertiary/aromatic N) is 3. The molecule has 202 valence electrons. The number of nitrogens with one attached hydrogen (secondary N) is 1. The SMILES string of the molecule is CCOC(=O)C1=C(CN2CC(/C=C/OC=O)CC(F)(F)C2)NC(c2nccs2)=N[C@H]1c1ccc(F)cc1Cl. The molecule has 4 rings (SSSR count). The van der Waals surface area contributed by atoms with Crippen LogP contribution in [0.2, 0.25) is 5.02 Å². The molecule has 13 heteroatoms. The quantitative estimate of drug-likeness (QED) is 0.271. The maximum atomic E-state index is 14.7. The number of ether oxygens (including phenoxy) is 2. The summed E-state index contributed by atoms with van der Waals surface area (Å²) in [6.45, 7) is 1.48. The van der Waals surface area contributed by atoms with Gasteiger partial charge in [0.25, 0.3) is 12.4 Å². The fourth-order valence-electron chi connectivity index (χ4n) is 4.46. The molecule has 0 spiro atoms. The lowest BCUT2D eigenvalue weighted by Crippen LogP contribution is -2.49. The Morgan fingerprint density at radius 2 is 2.21 bits per heavy atom. The third-order valence-corrected chi connectivity index (χ3v) is 7.00. The van der Waals surface area contributed by atoms with Crippen molar-refractivity contribution >= 4 is 41.2 Å². The summed E-state index contributed by atoms with van der Waals surface area (Å²) >= 11 is 7.66. The van der Waals surface area contributed by atoms with Gasteiger partial charge < -0.3 is 14.8 Å². The van der Waals surface area contributed by atoms with Crippen molar-refractivity contribution in [3.63, 3.8) is 0 Å². The highest BCUT2D eigenvalue weighted by Crippen LogP contribution is 2.38. The molecule has 0 radical (unpaired) electrons. The van der Waals surface area contributed by atoms with Gasteiger partial charge in [-0.2, -0.15) is 0 Å². The molecule has 0 aliphatic carbocycles. The zero-order valence-corrected chi connectivity index (χ0v) is 21.8. The summed E-state index contributed by atoms with van der Waals surface area (Å²) in [6, 6.07) is 2.74. The minimum atomic E-state index is -3.03. The number of aromatic nitrogens is 1. The summed E-state index contributed by atoms with van der Waals surface area (Å²) in [6.07, 6.45) is 3.66. The van der Waals surface area contributed by atoms with Gasteiger partial charge in [-0.1, -0.05) is 17.7 Å². The van der Waals surface area contributed by atoms with Gasteiger partial charge in [0.1, 0.15) is 11.9 Å². The van der Waals surface area contributed by atoms with E-state index in [4.69, 9.17) is 16.3 Å². The topological polar surface area (TPSA) is 93.1 Å². The molecule has 1 aromatic carbocycles. The van der Waals surface area contributed by atoms with Crippen LogP contribution in [-0.4, -0.2) is 60.3 Å². The van der Waals surface area contributed by atoms with E-state index in [0.717, 1.165) is 12.3 Å². The van der Waals surface area contributed by atoms with Gasteiger partial charge >= 0.3 is 5.97 Å². The van der Waals surface area contributed by atoms with Gasteiger partial charge in [0.15, 0.2) is 10.8 Å². The molecular formula is C25H24ClF3N4O4S. The molecule has 38 heavy (non-hydrogen) atoms. The smallest absolute Gasteiger partial charge is 0.338 e. The van der Waals surface area contributed by atoms with Gasteiger partial charge in [-0.15, -0.1) is 11.3 Å². The molecule has 1 aromatic heterocycles. The lowest BCUT2D eigenvalue weighted by molar-refractivity contribution is -0.139. The normalized spacial score (nSPS) is 21.7. The van der Waals surface area contributed by atoms with Crippen LogP contribution in [0.15, 0.2) is 58.4 Å². The maximum absolute atomic E-state index is 14.7. The van der Waals surface area contributed by atoms with Crippen LogP contribution in [0.25, 0.3) is 0 Å². The summed E-state index contributed by atoms with van der Waals surface area (Å²) in [4.78, 5) is 34.1. The van der Waals surface area contributed by atoms with Crippen LogP contribution in [0.3, 0.4) is 0 Å². The minimum absolute atomic E-state index is 0.0465. The van der Waals surface area contributed by atoms with Crippen LogP contribution in [0.4, 0.5) is 13.2 Å². The van der Waals surface area contributed by atoms with Crippen LogP contribution in [0, 0.1) is 11.7 Å². The van der Waals surface area contributed by atoms with Crippen molar-refractivity contribution in [1.29, 1.82) is 0 Å². The molecule has 8 nitrogen and oxygen atoms in total. The number of amidine groups is 1. The molecule has 1 unspecified atom stereocenters. The molecule has 0 saturated carbocycles. The molecule has 0 bridgehead atoms. The third kappa shape index (κ3) is 6.61. The fourth-order valence-corrected chi connectivity index (χ4v) is 5.32. The van der Waals surface area contributed by atoms with Gasteiger partial charge in [0.2, 0.25) is 0 Å². The summed E-state index contributed by atoms with van der Waals surface area (Å²) in [5.74, 6) is -4.59. The molecule has 3 heterocycles. The van der Waals surface area contributed by atoms with Crippen molar-refractivity contribution in [2.75, 3.05) is 26.2 Å². The fraction of sp³-hybridized carbons (Fsp3) is 0.360. The molecule has 1 N–H and O–H groups in total. The van der Waals surface area contributed by atoms with Crippen molar-refractivity contribution in [2.24, 2.45) is 10.9 Å². The monoisotopic (exact) mass is 568 g/mol. The van der Waals surface area contributed by atoms with Gasteiger partial charge in [0, 0.05) is 47.4 Å². The van der Waals surface area contributed by atoms with Crippen LogP contribution >= 0.6 is 22.9 Å². The lowest BCUT2D eigenvalue weighted by Gasteiger charge is -2.38. The largest absolute Gasteiger partial charge is 0.463 e. The van der Waals surface area contributed by atoms with Gasteiger partial charge in [-0.05, 0) is 31.1 Å². The van der Waals surface area contributed by atoms with Crippen molar-refractivity contribution in [2.45, 2.75) is 25.3 Å². The van der Waals surface area contributed by atoms with E-state index in [2.05, 4.69) is 20.0 Å². The average molecular weight is 569 g/mol. The molecular weight excluding hydrogens is 545 g/mol. The second-order valence-corrected chi connectivity index (χ2v) is 9.97. The highest BCUT2D eigenvalue weighted by molar-refractivity contribution is 7.11. The number of aliphatic imine (C=N–C) groups is 1. The molecule has 2 aliphatic rings. The second-order valence-electron chi connectivity index (χ2n) is 8.67. The van der Waals surface area contributed by atoms with Gasteiger partial charge in [-0.3, -0.25) is 14.7 Å². The number of thiazole rings is 1. The molecule has 2 aliphatic heterocycles. The predicted octanol–water partition coefficient (Wildman–Crippen LogP) is 4.49. The second kappa shape index (κ2) is 12.1. The van der Waals surface area contributed by atoms with Gasteiger partial charge in [-0.25, -0.2) is 22.9 Å².